The van der Waals surface area contributed by atoms with Crippen molar-refractivity contribution in [2.24, 2.45) is 0 Å². The molecule has 0 amide bonds. The number of nitrogen functional groups attached to an aromatic ring is 2. The SMILES string of the molecule is Nc1ccc(-c2ccc(N)cc2Sc2ccccc2)c(Sc2ccccc2)c1. The molecule has 0 fully saturated rings. The molecule has 0 radical (unpaired) electrons. The molecule has 0 saturated heterocycles. The van der Waals surface area contributed by atoms with Crippen LogP contribution in [-0.2, 0) is 0 Å². The maximum atomic E-state index is 6.11. The van der Waals surface area contributed by atoms with Gasteiger partial charge < -0.3 is 11.5 Å². The lowest BCUT2D eigenvalue weighted by molar-refractivity contribution is 1.35. The van der Waals surface area contributed by atoms with E-state index in [1.165, 1.54) is 9.79 Å². The Bertz CT molecular complexity index is 991. The molecule has 0 aliphatic rings. The molecule has 0 saturated carbocycles. The molecule has 4 rings (SSSR count). The summed E-state index contributed by atoms with van der Waals surface area (Å²) in [4.78, 5) is 4.63. The van der Waals surface area contributed by atoms with Gasteiger partial charge >= 0.3 is 0 Å². The highest BCUT2D eigenvalue weighted by atomic mass is 32.2. The second kappa shape index (κ2) is 8.46. The number of benzene rings is 4. The van der Waals surface area contributed by atoms with Crippen molar-refractivity contribution in [2.75, 3.05) is 11.5 Å². The Morgan fingerprint density at radius 2 is 0.857 bits per heavy atom. The molecule has 4 aromatic rings. The van der Waals surface area contributed by atoms with E-state index in [4.69, 9.17) is 11.5 Å². The molecule has 4 heteroatoms. The van der Waals surface area contributed by atoms with Crippen LogP contribution in [0.4, 0.5) is 11.4 Å². The number of hydrogen-bond donors (Lipinski definition) is 2. The van der Waals surface area contributed by atoms with Gasteiger partial charge in [-0.15, -0.1) is 0 Å². The average Bonchev–Trinajstić information content (AvgIpc) is 2.71. The zero-order valence-corrected chi connectivity index (χ0v) is 16.8. The lowest BCUT2D eigenvalue weighted by atomic mass is 10.0. The van der Waals surface area contributed by atoms with Gasteiger partial charge in [-0.2, -0.15) is 0 Å². The van der Waals surface area contributed by atoms with Gasteiger partial charge in [0.2, 0.25) is 0 Å². The van der Waals surface area contributed by atoms with E-state index < -0.39 is 0 Å². The van der Waals surface area contributed by atoms with Crippen molar-refractivity contribution in [1.82, 2.24) is 0 Å². The van der Waals surface area contributed by atoms with Crippen molar-refractivity contribution in [1.29, 1.82) is 0 Å². The van der Waals surface area contributed by atoms with Crippen molar-refractivity contribution in [3.05, 3.63) is 97.1 Å². The van der Waals surface area contributed by atoms with Gasteiger partial charge in [0.1, 0.15) is 0 Å². The highest BCUT2D eigenvalue weighted by Crippen LogP contribution is 2.43. The quantitative estimate of drug-likeness (QED) is 0.361. The van der Waals surface area contributed by atoms with Crippen LogP contribution in [0.5, 0.6) is 0 Å². The van der Waals surface area contributed by atoms with Crippen molar-refractivity contribution in [3.8, 4) is 11.1 Å². The number of hydrogen-bond acceptors (Lipinski definition) is 4. The van der Waals surface area contributed by atoms with Crippen LogP contribution in [0, 0.1) is 0 Å². The summed E-state index contributed by atoms with van der Waals surface area (Å²) < 4.78 is 0. The summed E-state index contributed by atoms with van der Waals surface area (Å²) in [6, 6.07) is 32.9. The molecule has 0 atom stereocenters. The monoisotopic (exact) mass is 400 g/mol. The lowest BCUT2D eigenvalue weighted by Gasteiger charge is -2.15. The van der Waals surface area contributed by atoms with Crippen molar-refractivity contribution < 1.29 is 0 Å². The standard InChI is InChI=1S/C24H20N2S2/c25-17-11-13-21(23(15-17)27-19-7-3-1-4-8-19)22-14-12-18(26)16-24(22)28-20-9-5-2-6-10-20/h1-16H,25-26H2. The minimum absolute atomic E-state index is 0.759. The number of rotatable bonds is 5. The molecule has 0 bridgehead atoms. The van der Waals surface area contributed by atoms with Gasteiger partial charge in [-0.05, 0) is 59.7 Å². The van der Waals surface area contributed by atoms with Crippen LogP contribution in [-0.4, -0.2) is 0 Å². The summed E-state index contributed by atoms with van der Waals surface area (Å²) in [6.07, 6.45) is 0. The van der Waals surface area contributed by atoms with Crippen LogP contribution < -0.4 is 11.5 Å². The first-order valence-corrected chi connectivity index (χ1v) is 10.6. The van der Waals surface area contributed by atoms with Crippen LogP contribution in [0.15, 0.2) is 117 Å². The van der Waals surface area contributed by atoms with Gasteiger partial charge in [0.25, 0.3) is 0 Å². The van der Waals surface area contributed by atoms with E-state index in [0.717, 1.165) is 32.3 Å². The predicted octanol–water partition coefficient (Wildman–Crippen LogP) is 6.82. The van der Waals surface area contributed by atoms with Crippen molar-refractivity contribution in [3.63, 3.8) is 0 Å². The molecule has 0 unspecified atom stereocenters. The first-order chi connectivity index (χ1) is 13.7. The zero-order chi connectivity index (χ0) is 19.3. The Morgan fingerprint density at radius 1 is 0.464 bits per heavy atom. The Hall–Kier alpha value is -2.82. The van der Waals surface area contributed by atoms with E-state index in [2.05, 4.69) is 36.4 Å². The molecule has 28 heavy (non-hydrogen) atoms. The van der Waals surface area contributed by atoms with E-state index >= 15 is 0 Å². The summed E-state index contributed by atoms with van der Waals surface area (Å²) in [5.41, 5.74) is 16.0. The molecular weight excluding hydrogens is 380 g/mol. The van der Waals surface area contributed by atoms with Crippen molar-refractivity contribution in [2.45, 2.75) is 19.6 Å². The highest BCUT2D eigenvalue weighted by Gasteiger charge is 2.13. The molecule has 138 valence electrons. The fourth-order valence-electron chi connectivity index (χ4n) is 2.92. The summed E-state index contributed by atoms with van der Waals surface area (Å²) in [6.45, 7) is 0. The molecular formula is C24H20N2S2. The summed E-state index contributed by atoms with van der Waals surface area (Å²) in [5.74, 6) is 0. The largest absolute Gasteiger partial charge is 0.399 e. The molecule has 0 aromatic heterocycles. The van der Waals surface area contributed by atoms with Gasteiger partial charge in [0.05, 0.1) is 0 Å². The van der Waals surface area contributed by atoms with E-state index in [-0.39, 0.29) is 0 Å². The second-order valence-electron chi connectivity index (χ2n) is 6.34. The first kappa shape index (κ1) is 18.5. The van der Waals surface area contributed by atoms with E-state index in [0.29, 0.717) is 0 Å². The zero-order valence-electron chi connectivity index (χ0n) is 15.2. The van der Waals surface area contributed by atoms with E-state index in [1.54, 1.807) is 23.5 Å². The minimum Gasteiger partial charge on any atom is -0.399 e. The lowest BCUT2D eigenvalue weighted by Crippen LogP contribution is -1.92. The Kier molecular flexibility index (Phi) is 5.60. The molecule has 0 aliphatic heterocycles. The summed E-state index contributed by atoms with van der Waals surface area (Å²) >= 11 is 3.44. The van der Waals surface area contributed by atoms with Crippen LogP contribution >= 0.6 is 23.5 Å². The smallest absolute Gasteiger partial charge is 0.0325 e. The number of nitrogens with two attached hydrogens (primary N) is 2. The summed E-state index contributed by atoms with van der Waals surface area (Å²) in [5, 5.41) is 0. The van der Waals surface area contributed by atoms with Gasteiger partial charge in [0.15, 0.2) is 0 Å². The number of anilines is 2. The second-order valence-corrected chi connectivity index (χ2v) is 8.57. The van der Waals surface area contributed by atoms with Gasteiger partial charge in [-0.3, -0.25) is 0 Å². The minimum atomic E-state index is 0.759. The van der Waals surface area contributed by atoms with Crippen LogP contribution in [0.3, 0.4) is 0 Å². The third-order valence-corrected chi connectivity index (χ3v) is 6.37. The van der Waals surface area contributed by atoms with Crippen LogP contribution in [0.1, 0.15) is 0 Å². The Morgan fingerprint density at radius 3 is 1.25 bits per heavy atom. The molecule has 4 aromatic carbocycles. The van der Waals surface area contributed by atoms with Gasteiger partial charge in [-0.25, -0.2) is 0 Å². The third kappa shape index (κ3) is 4.35. The fraction of sp³-hybridized carbons (Fsp3) is 0. The van der Waals surface area contributed by atoms with Gasteiger partial charge in [-0.1, -0.05) is 72.1 Å². The van der Waals surface area contributed by atoms with E-state index in [1.807, 2.05) is 60.7 Å². The van der Waals surface area contributed by atoms with Crippen LogP contribution in [0.25, 0.3) is 11.1 Å². The average molecular weight is 401 g/mol. The normalized spacial score (nSPS) is 10.7. The summed E-state index contributed by atoms with van der Waals surface area (Å²) in [7, 11) is 0. The molecule has 4 N–H and O–H groups in total. The fourth-order valence-corrected chi connectivity index (χ4v) is 4.98. The Balaban J connectivity index is 1.79. The predicted molar refractivity (Wildman–Crippen MR) is 122 cm³/mol. The molecule has 0 aliphatic carbocycles. The molecule has 0 heterocycles. The Labute approximate surface area is 174 Å². The van der Waals surface area contributed by atoms with E-state index in [9.17, 15) is 0 Å². The van der Waals surface area contributed by atoms with Crippen molar-refractivity contribution >= 4 is 34.9 Å². The maximum absolute atomic E-state index is 6.11. The maximum Gasteiger partial charge on any atom is 0.0325 e. The molecule has 0 spiro atoms. The third-order valence-electron chi connectivity index (χ3n) is 4.24. The first-order valence-electron chi connectivity index (χ1n) is 8.94. The topological polar surface area (TPSA) is 52.0 Å². The van der Waals surface area contributed by atoms with Crippen LogP contribution in [0.2, 0.25) is 0 Å². The molecule has 2 nitrogen and oxygen atoms in total. The van der Waals surface area contributed by atoms with Gasteiger partial charge in [0, 0.05) is 31.0 Å². The highest BCUT2D eigenvalue weighted by molar-refractivity contribution is 8.00.